The average Bonchev–Trinajstić information content (AvgIpc) is 3.38. The van der Waals surface area contributed by atoms with Crippen LogP contribution in [0.1, 0.15) is 12.3 Å². The predicted octanol–water partition coefficient (Wildman–Crippen LogP) is 1.72. The van der Waals surface area contributed by atoms with Gasteiger partial charge in [-0.2, -0.15) is 0 Å². The predicted molar refractivity (Wildman–Crippen MR) is 111 cm³/mol. The van der Waals surface area contributed by atoms with Crippen molar-refractivity contribution in [2.24, 2.45) is 14.1 Å². The SMILES string of the molecule is Cn1cnc2c1c(=O)n(CCCSc1nnc(COc3ccc(F)cc3)o1)c(=O)n2C. The fraction of sp³-hybridized carbons (Fsp3) is 0.316. The van der Waals surface area contributed by atoms with Gasteiger partial charge in [-0.25, -0.2) is 14.2 Å². The van der Waals surface area contributed by atoms with E-state index in [1.54, 1.807) is 18.7 Å². The van der Waals surface area contributed by atoms with Crippen molar-refractivity contribution in [3.8, 4) is 5.75 Å². The smallest absolute Gasteiger partial charge is 0.332 e. The number of halogens is 1. The number of nitrogens with zero attached hydrogens (tertiary/aromatic N) is 6. The molecule has 3 heterocycles. The van der Waals surface area contributed by atoms with Gasteiger partial charge in [0, 0.05) is 26.4 Å². The maximum Gasteiger partial charge on any atom is 0.332 e. The second-order valence-electron chi connectivity index (χ2n) is 6.73. The second kappa shape index (κ2) is 8.76. The minimum atomic E-state index is -0.404. The van der Waals surface area contributed by atoms with Crippen LogP contribution in [0.5, 0.6) is 5.75 Å². The van der Waals surface area contributed by atoms with Crippen LogP contribution in [0.3, 0.4) is 0 Å². The third-order valence-electron chi connectivity index (χ3n) is 4.58. The van der Waals surface area contributed by atoms with Gasteiger partial charge in [0.1, 0.15) is 11.6 Å². The first-order chi connectivity index (χ1) is 14.9. The molecule has 0 bridgehead atoms. The van der Waals surface area contributed by atoms with E-state index in [0.29, 0.717) is 40.2 Å². The minimum absolute atomic E-state index is 0.0648. The van der Waals surface area contributed by atoms with Gasteiger partial charge in [0.2, 0.25) is 0 Å². The summed E-state index contributed by atoms with van der Waals surface area (Å²) in [6.45, 7) is 0.323. The third kappa shape index (κ3) is 4.38. The van der Waals surface area contributed by atoms with Gasteiger partial charge in [0.15, 0.2) is 17.8 Å². The van der Waals surface area contributed by atoms with Crippen LogP contribution < -0.4 is 16.0 Å². The van der Waals surface area contributed by atoms with Crippen molar-refractivity contribution in [3.05, 3.63) is 63.1 Å². The van der Waals surface area contributed by atoms with Crippen molar-refractivity contribution in [2.45, 2.75) is 24.8 Å². The Balaban J connectivity index is 1.32. The second-order valence-corrected chi connectivity index (χ2v) is 7.78. The molecule has 0 spiro atoms. The van der Waals surface area contributed by atoms with Crippen molar-refractivity contribution in [1.82, 2.24) is 28.9 Å². The summed E-state index contributed by atoms with van der Waals surface area (Å²) < 4.78 is 28.1. The summed E-state index contributed by atoms with van der Waals surface area (Å²) in [7, 11) is 3.31. The molecule has 0 unspecified atom stereocenters. The van der Waals surface area contributed by atoms with Gasteiger partial charge in [-0.15, -0.1) is 10.2 Å². The van der Waals surface area contributed by atoms with Crippen molar-refractivity contribution < 1.29 is 13.5 Å². The molecule has 0 saturated carbocycles. The zero-order valence-electron chi connectivity index (χ0n) is 16.8. The Morgan fingerprint density at radius 1 is 1.16 bits per heavy atom. The normalized spacial score (nSPS) is 11.3. The van der Waals surface area contributed by atoms with Crippen LogP contribution in [0.15, 0.2) is 49.8 Å². The highest BCUT2D eigenvalue weighted by molar-refractivity contribution is 7.99. The standard InChI is InChI=1S/C19H19FN6O4S/c1-24-11-21-16-15(24)17(27)26(19(28)25(16)2)8-3-9-31-18-23-22-14(30-18)10-29-13-6-4-12(20)5-7-13/h4-7,11H,3,8-10H2,1-2H3. The van der Waals surface area contributed by atoms with Crippen molar-refractivity contribution in [1.29, 1.82) is 0 Å². The summed E-state index contributed by atoms with van der Waals surface area (Å²) in [5.74, 6) is 1.01. The molecule has 4 aromatic rings. The molecule has 1 aromatic carbocycles. The highest BCUT2D eigenvalue weighted by Crippen LogP contribution is 2.19. The quantitative estimate of drug-likeness (QED) is 0.297. The molecule has 0 aliphatic carbocycles. The zero-order valence-corrected chi connectivity index (χ0v) is 17.6. The molecule has 0 N–H and O–H groups in total. The van der Waals surface area contributed by atoms with E-state index in [2.05, 4.69) is 15.2 Å². The summed E-state index contributed by atoms with van der Waals surface area (Å²) in [5.41, 5.74) is -0.0119. The third-order valence-corrected chi connectivity index (χ3v) is 5.48. The molecule has 0 aliphatic heterocycles. The van der Waals surface area contributed by atoms with Crippen LogP contribution in [-0.2, 0) is 27.2 Å². The van der Waals surface area contributed by atoms with Crippen molar-refractivity contribution in [2.75, 3.05) is 5.75 Å². The molecular formula is C19H19FN6O4S. The van der Waals surface area contributed by atoms with Gasteiger partial charge in [0.05, 0.1) is 6.33 Å². The molecule has 0 saturated heterocycles. The van der Waals surface area contributed by atoms with Crippen LogP contribution in [0, 0.1) is 5.82 Å². The number of thioether (sulfide) groups is 1. The highest BCUT2D eigenvalue weighted by Gasteiger charge is 2.15. The Bertz CT molecular complexity index is 1320. The number of imidazole rings is 1. The number of benzene rings is 1. The number of hydrogen-bond donors (Lipinski definition) is 0. The molecule has 0 atom stereocenters. The van der Waals surface area contributed by atoms with E-state index in [-0.39, 0.29) is 24.5 Å². The zero-order chi connectivity index (χ0) is 22.0. The first-order valence-electron chi connectivity index (χ1n) is 9.38. The minimum Gasteiger partial charge on any atom is -0.484 e. The van der Waals surface area contributed by atoms with Crippen molar-refractivity contribution in [3.63, 3.8) is 0 Å². The Kier molecular flexibility index (Phi) is 5.89. The van der Waals surface area contributed by atoms with Gasteiger partial charge in [-0.3, -0.25) is 13.9 Å². The molecule has 4 rings (SSSR count). The molecule has 162 valence electrons. The lowest BCUT2D eigenvalue weighted by Crippen LogP contribution is -2.39. The van der Waals surface area contributed by atoms with Gasteiger partial charge < -0.3 is 13.7 Å². The average molecular weight is 446 g/mol. The molecule has 0 aliphatic rings. The Hall–Kier alpha value is -3.41. The van der Waals surface area contributed by atoms with Gasteiger partial charge in [0.25, 0.3) is 16.7 Å². The first-order valence-corrected chi connectivity index (χ1v) is 10.4. The van der Waals surface area contributed by atoms with Crippen LogP contribution in [0.2, 0.25) is 0 Å². The van der Waals surface area contributed by atoms with E-state index in [4.69, 9.17) is 9.15 Å². The molecule has 3 aromatic heterocycles. The number of hydrogen-bond acceptors (Lipinski definition) is 8. The Labute approximate surface area is 179 Å². The van der Waals surface area contributed by atoms with E-state index in [9.17, 15) is 14.0 Å². The lowest BCUT2D eigenvalue weighted by molar-refractivity contribution is 0.252. The van der Waals surface area contributed by atoms with Gasteiger partial charge in [-0.1, -0.05) is 11.8 Å². The molecule has 0 amide bonds. The number of ether oxygens (including phenoxy) is 1. The lowest BCUT2D eigenvalue weighted by atomic mass is 10.3. The molecule has 12 heteroatoms. The molecule has 31 heavy (non-hydrogen) atoms. The topological polar surface area (TPSA) is 110 Å². The highest BCUT2D eigenvalue weighted by atomic mass is 32.2. The fourth-order valence-electron chi connectivity index (χ4n) is 3.01. The summed E-state index contributed by atoms with van der Waals surface area (Å²) in [6, 6.07) is 5.62. The van der Waals surface area contributed by atoms with E-state index in [0.717, 1.165) is 0 Å². The summed E-state index contributed by atoms with van der Waals surface area (Å²) in [4.78, 5) is 29.3. The number of aromatic nitrogens is 6. The fourth-order valence-corrected chi connectivity index (χ4v) is 3.71. The van der Waals surface area contributed by atoms with E-state index in [1.165, 1.54) is 51.5 Å². The van der Waals surface area contributed by atoms with Crippen LogP contribution in [-0.4, -0.2) is 34.6 Å². The Morgan fingerprint density at radius 2 is 1.94 bits per heavy atom. The van der Waals surface area contributed by atoms with Crippen molar-refractivity contribution >= 4 is 22.9 Å². The van der Waals surface area contributed by atoms with E-state index in [1.807, 2.05) is 0 Å². The molecule has 0 radical (unpaired) electrons. The number of aryl methyl sites for hydroxylation is 2. The van der Waals surface area contributed by atoms with Gasteiger partial charge in [-0.05, 0) is 30.7 Å². The summed E-state index contributed by atoms with van der Waals surface area (Å²) >= 11 is 1.32. The van der Waals surface area contributed by atoms with Gasteiger partial charge >= 0.3 is 5.69 Å². The monoisotopic (exact) mass is 446 g/mol. The summed E-state index contributed by atoms with van der Waals surface area (Å²) in [6.07, 6.45) is 2.06. The molecule has 0 fully saturated rings. The van der Waals surface area contributed by atoms with Crippen LogP contribution >= 0.6 is 11.8 Å². The number of fused-ring (bicyclic) bond motifs is 1. The Morgan fingerprint density at radius 3 is 2.71 bits per heavy atom. The largest absolute Gasteiger partial charge is 0.484 e. The molecule has 10 nitrogen and oxygen atoms in total. The maximum atomic E-state index is 12.9. The summed E-state index contributed by atoms with van der Waals surface area (Å²) in [5, 5.41) is 8.21. The maximum absolute atomic E-state index is 12.9. The van der Waals surface area contributed by atoms with Crippen LogP contribution in [0.25, 0.3) is 11.2 Å². The van der Waals surface area contributed by atoms with Crippen LogP contribution in [0.4, 0.5) is 4.39 Å². The molecular weight excluding hydrogens is 427 g/mol. The lowest BCUT2D eigenvalue weighted by Gasteiger charge is -2.08. The van der Waals surface area contributed by atoms with E-state index >= 15 is 0 Å². The number of rotatable bonds is 8. The van der Waals surface area contributed by atoms with E-state index < -0.39 is 5.69 Å². The first kappa shape index (κ1) is 20.8.